The number of carbonyl (C=O) groups is 2. The first-order chi connectivity index (χ1) is 18.1. The molecule has 0 spiro atoms. The number of sulfonamides is 1. The number of carbonyl (C=O) groups excluding carboxylic acids is 2. The predicted molar refractivity (Wildman–Crippen MR) is 152 cm³/mol. The number of likely N-dealkylation sites (N-methyl/N-ethyl adjacent to an activating group) is 1. The Bertz CT molecular complexity index is 1430. The SMILES string of the molecule is CC[C@H]1CC(C(=O)CN(C)C)CC[C@@H]1NS(=O)(=O)c1ccc(NC(=O)c2ccccc2C)c2ccccc12. The molecule has 7 nitrogen and oxygen atoms in total. The Morgan fingerprint density at radius 1 is 0.947 bits per heavy atom. The number of fused-ring (bicyclic) bond motifs is 1. The average Bonchev–Trinajstić information content (AvgIpc) is 2.88. The third-order valence-electron chi connectivity index (χ3n) is 7.55. The van der Waals surface area contributed by atoms with E-state index < -0.39 is 10.0 Å². The third kappa shape index (κ3) is 6.14. The van der Waals surface area contributed by atoms with Gasteiger partial charge in [0.15, 0.2) is 0 Å². The van der Waals surface area contributed by atoms with Gasteiger partial charge in [-0.1, -0.05) is 55.8 Å². The summed E-state index contributed by atoms with van der Waals surface area (Å²) >= 11 is 0. The second-order valence-electron chi connectivity index (χ2n) is 10.5. The number of anilines is 1. The van der Waals surface area contributed by atoms with E-state index in [4.69, 9.17) is 0 Å². The van der Waals surface area contributed by atoms with Gasteiger partial charge in [-0.15, -0.1) is 0 Å². The van der Waals surface area contributed by atoms with Crippen molar-refractivity contribution in [2.75, 3.05) is 26.0 Å². The van der Waals surface area contributed by atoms with Crippen molar-refractivity contribution in [2.45, 2.75) is 50.5 Å². The Balaban J connectivity index is 1.57. The van der Waals surface area contributed by atoms with Crippen LogP contribution >= 0.6 is 0 Å². The fraction of sp³-hybridized carbons (Fsp3) is 0.400. The highest BCUT2D eigenvalue weighted by Crippen LogP contribution is 2.35. The van der Waals surface area contributed by atoms with Crippen LogP contribution in [0.15, 0.2) is 65.6 Å². The summed E-state index contributed by atoms with van der Waals surface area (Å²) in [6.45, 7) is 4.34. The van der Waals surface area contributed by atoms with Crippen molar-refractivity contribution in [2.24, 2.45) is 11.8 Å². The van der Waals surface area contributed by atoms with Gasteiger partial charge in [0.1, 0.15) is 5.78 Å². The van der Waals surface area contributed by atoms with Gasteiger partial charge in [0.2, 0.25) is 10.0 Å². The van der Waals surface area contributed by atoms with Gasteiger partial charge in [-0.25, -0.2) is 13.1 Å². The minimum absolute atomic E-state index is 0.0277. The molecule has 0 aliphatic heterocycles. The lowest BCUT2D eigenvalue weighted by molar-refractivity contribution is -0.125. The summed E-state index contributed by atoms with van der Waals surface area (Å²) in [5.74, 6) is 0.0473. The normalized spacial score (nSPS) is 20.0. The Labute approximate surface area is 225 Å². The Kier molecular flexibility index (Phi) is 8.65. The van der Waals surface area contributed by atoms with E-state index in [1.165, 1.54) is 0 Å². The van der Waals surface area contributed by atoms with Crippen LogP contribution < -0.4 is 10.0 Å². The van der Waals surface area contributed by atoms with Crippen LogP contribution in [0, 0.1) is 18.8 Å². The third-order valence-corrected chi connectivity index (χ3v) is 9.10. The van der Waals surface area contributed by atoms with Crippen LogP contribution in [0.2, 0.25) is 0 Å². The molecular weight excluding hydrogens is 498 g/mol. The zero-order chi connectivity index (χ0) is 27.4. The monoisotopic (exact) mass is 535 g/mol. The van der Waals surface area contributed by atoms with Gasteiger partial charge < -0.3 is 10.2 Å². The smallest absolute Gasteiger partial charge is 0.255 e. The second kappa shape index (κ2) is 11.8. The largest absolute Gasteiger partial charge is 0.321 e. The molecule has 0 bridgehead atoms. The number of hydrogen-bond acceptors (Lipinski definition) is 5. The maximum absolute atomic E-state index is 13.7. The van der Waals surface area contributed by atoms with E-state index in [1.807, 2.05) is 63.2 Å². The molecule has 1 aliphatic rings. The summed E-state index contributed by atoms with van der Waals surface area (Å²) in [6.07, 6.45) is 2.80. The Morgan fingerprint density at radius 3 is 2.32 bits per heavy atom. The summed E-state index contributed by atoms with van der Waals surface area (Å²) in [7, 11) is -0.0710. The fourth-order valence-electron chi connectivity index (χ4n) is 5.50. The van der Waals surface area contributed by atoms with Crippen molar-refractivity contribution in [1.29, 1.82) is 0 Å². The molecule has 3 aromatic rings. The molecule has 0 saturated heterocycles. The van der Waals surface area contributed by atoms with Gasteiger partial charge >= 0.3 is 0 Å². The minimum Gasteiger partial charge on any atom is -0.321 e. The van der Waals surface area contributed by atoms with Gasteiger partial charge in [0, 0.05) is 34.0 Å². The first kappa shape index (κ1) is 28.0. The van der Waals surface area contributed by atoms with Crippen molar-refractivity contribution >= 4 is 38.2 Å². The summed E-state index contributed by atoms with van der Waals surface area (Å²) in [5, 5.41) is 4.16. The van der Waals surface area contributed by atoms with Gasteiger partial charge in [-0.2, -0.15) is 0 Å². The number of amides is 1. The van der Waals surface area contributed by atoms with E-state index in [2.05, 4.69) is 10.0 Å². The molecular formula is C30H37N3O4S. The number of nitrogens with zero attached hydrogens (tertiary/aromatic N) is 1. The number of ketones is 1. The van der Waals surface area contributed by atoms with E-state index in [0.717, 1.165) is 12.0 Å². The molecule has 0 aromatic heterocycles. The van der Waals surface area contributed by atoms with Crippen LogP contribution in [0.4, 0.5) is 5.69 Å². The number of benzene rings is 3. The summed E-state index contributed by atoms with van der Waals surface area (Å²) in [6, 6.07) is 17.5. The molecule has 1 aliphatic carbocycles. The van der Waals surface area contributed by atoms with Gasteiger partial charge in [0.05, 0.1) is 11.4 Å². The Morgan fingerprint density at radius 2 is 1.63 bits per heavy atom. The summed E-state index contributed by atoms with van der Waals surface area (Å²) in [5.41, 5.74) is 1.99. The van der Waals surface area contributed by atoms with Crippen molar-refractivity contribution in [3.8, 4) is 0 Å². The zero-order valence-electron chi connectivity index (χ0n) is 22.5. The molecule has 1 fully saturated rings. The Hall–Kier alpha value is -3.07. The quantitative estimate of drug-likeness (QED) is 0.402. The number of rotatable bonds is 9. The van der Waals surface area contributed by atoms with E-state index in [9.17, 15) is 18.0 Å². The van der Waals surface area contributed by atoms with Gasteiger partial charge in [0.25, 0.3) is 5.91 Å². The van der Waals surface area contributed by atoms with E-state index in [1.54, 1.807) is 30.3 Å². The van der Waals surface area contributed by atoms with Gasteiger partial charge in [-0.05, 0) is 70.0 Å². The number of Topliss-reactive ketones (excluding diaryl/α,β-unsaturated/α-hetero) is 1. The average molecular weight is 536 g/mol. The number of hydrogen-bond donors (Lipinski definition) is 2. The molecule has 0 heterocycles. The minimum atomic E-state index is -3.85. The molecule has 8 heteroatoms. The maximum atomic E-state index is 13.7. The molecule has 3 atom stereocenters. The fourth-order valence-corrected chi connectivity index (χ4v) is 7.05. The second-order valence-corrected chi connectivity index (χ2v) is 12.2. The highest BCUT2D eigenvalue weighted by Gasteiger charge is 2.35. The van der Waals surface area contributed by atoms with Crippen LogP contribution in [-0.4, -0.2) is 51.7 Å². The van der Waals surface area contributed by atoms with Crippen molar-refractivity contribution in [1.82, 2.24) is 9.62 Å². The molecule has 2 N–H and O–H groups in total. The maximum Gasteiger partial charge on any atom is 0.255 e. The standard InChI is InChI=1S/C30H37N3O4S/c1-5-21-18-22(28(34)19-33(3)4)14-15-26(21)32-38(36,37)29-17-16-27(24-12-8-9-13-25(24)29)31-30(35)23-11-7-6-10-20(23)2/h6-13,16-17,21-22,26,32H,5,14-15,18-19H2,1-4H3,(H,31,35)/t21-,22?,26-/m0/s1. The van der Waals surface area contributed by atoms with Crippen LogP contribution in [0.25, 0.3) is 10.8 Å². The van der Waals surface area contributed by atoms with Crippen molar-refractivity contribution in [3.05, 3.63) is 71.8 Å². The zero-order valence-corrected chi connectivity index (χ0v) is 23.3. The van der Waals surface area contributed by atoms with Crippen LogP contribution in [-0.2, 0) is 14.8 Å². The summed E-state index contributed by atoms with van der Waals surface area (Å²) in [4.78, 5) is 27.7. The molecule has 3 aromatic carbocycles. The van der Waals surface area contributed by atoms with Crippen molar-refractivity contribution in [3.63, 3.8) is 0 Å². The molecule has 1 saturated carbocycles. The molecule has 38 heavy (non-hydrogen) atoms. The van der Waals surface area contributed by atoms with E-state index in [-0.39, 0.29) is 34.5 Å². The van der Waals surface area contributed by atoms with Crippen LogP contribution in [0.1, 0.15) is 48.5 Å². The predicted octanol–water partition coefficient (Wildman–Crippen LogP) is 5.00. The van der Waals surface area contributed by atoms with E-state index in [0.29, 0.717) is 47.8 Å². The molecule has 4 rings (SSSR count). The highest BCUT2D eigenvalue weighted by molar-refractivity contribution is 7.89. The molecule has 202 valence electrons. The van der Waals surface area contributed by atoms with Crippen LogP contribution in [0.5, 0.6) is 0 Å². The summed E-state index contributed by atoms with van der Waals surface area (Å²) < 4.78 is 30.3. The molecule has 1 amide bonds. The topological polar surface area (TPSA) is 95.6 Å². The molecule has 1 unspecified atom stereocenters. The highest BCUT2D eigenvalue weighted by atomic mass is 32.2. The lowest BCUT2D eigenvalue weighted by atomic mass is 9.75. The molecule has 0 radical (unpaired) electrons. The van der Waals surface area contributed by atoms with Gasteiger partial charge in [-0.3, -0.25) is 9.59 Å². The van der Waals surface area contributed by atoms with E-state index >= 15 is 0 Å². The number of aryl methyl sites for hydroxylation is 1. The lowest BCUT2D eigenvalue weighted by Gasteiger charge is -2.35. The van der Waals surface area contributed by atoms with Crippen molar-refractivity contribution < 1.29 is 18.0 Å². The van der Waals surface area contributed by atoms with Crippen LogP contribution in [0.3, 0.4) is 0 Å². The first-order valence-corrected chi connectivity index (χ1v) is 14.7. The lowest BCUT2D eigenvalue weighted by Crippen LogP contribution is -2.45. The number of nitrogens with one attached hydrogen (secondary N) is 2. The first-order valence-electron chi connectivity index (χ1n) is 13.2.